The van der Waals surface area contributed by atoms with Gasteiger partial charge in [-0.05, 0) is 12.1 Å². The molecule has 1 aliphatic heterocycles. The van der Waals surface area contributed by atoms with Crippen LogP contribution in [-0.4, -0.2) is 33.9 Å². The van der Waals surface area contributed by atoms with Gasteiger partial charge in [-0.3, -0.25) is 9.88 Å². The summed E-state index contributed by atoms with van der Waals surface area (Å²) in [5.74, 6) is 0. The van der Waals surface area contributed by atoms with Gasteiger partial charge in [0.05, 0.1) is 18.1 Å². The number of rotatable bonds is 2. The van der Waals surface area contributed by atoms with Gasteiger partial charge in [-0.2, -0.15) is 5.10 Å². The van der Waals surface area contributed by atoms with Crippen molar-refractivity contribution in [2.75, 3.05) is 18.0 Å². The first-order valence-electron chi connectivity index (χ1n) is 5.46. The molecule has 18 heavy (non-hydrogen) atoms. The van der Waals surface area contributed by atoms with Gasteiger partial charge < -0.3 is 5.32 Å². The van der Waals surface area contributed by atoms with Crippen LogP contribution < -0.4 is 10.2 Å². The van der Waals surface area contributed by atoms with Crippen molar-refractivity contribution in [2.24, 2.45) is 0 Å². The van der Waals surface area contributed by atoms with Gasteiger partial charge in [0.2, 0.25) is 0 Å². The number of amides is 2. The Morgan fingerprint density at radius 3 is 3.00 bits per heavy atom. The summed E-state index contributed by atoms with van der Waals surface area (Å²) in [7, 11) is 0. The fourth-order valence-electron chi connectivity index (χ4n) is 1.85. The van der Waals surface area contributed by atoms with Gasteiger partial charge in [0.25, 0.3) is 0 Å². The number of nitrogens with one attached hydrogen (secondary N) is 1. The van der Waals surface area contributed by atoms with E-state index in [0.29, 0.717) is 23.9 Å². The number of halogens is 1. The van der Waals surface area contributed by atoms with Gasteiger partial charge in [-0.15, -0.1) is 0 Å². The van der Waals surface area contributed by atoms with Crippen molar-refractivity contribution >= 4 is 23.3 Å². The second-order valence-electron chi connectivity index (χ2n) is 3.84. The molecule has 92 valence electrons. The second-order valence-corrected chi connectivity index (χ2v) is 4.20. The number of aromatic nitrogens is 3. The molecule has 2 aromatic heterocycles. The van der Waals surface area contributed by atoms with Crippen molar-refractivity contribution in [3.8, 4) is 5.69 Å². The molecule has 0 saturated carbocycles. The lowest BCUT2D eigenvalue weighted by atomic mass is 10.4. The molecule has 0 aliphatic carbocycles. The minimum Gasteiger partial charge on any atom is -0.336 e. The maximum Gasteiger partial charge on any atom is 0.322 e. The molecule has 0 aromatic carbocycles. The molecule has 2 aromatic rings. The molecule has 0 bridgehead atoms. The normalized spacial score (nSPS) is 14.9. The van der Waals surface area contributed by atoms with Gasteiger partial charge in [-0.1, -0.05) is 11.6 Å². The van der Waals surface area contributed by atoms with E-state index in [9.17, 15) is 4.79 Å². The third kappa shape index (κ3) is 1.80. The molecule has 1 fully saturated rings. The molecule has 7 heteroatoms. The molecule has 6 nitrogen and oxygen atoms in total. The molecule has 0 radical (unpaired) electrons. The predicted octanol–water partition coefficient (Wildman–Crippen LogP) is 1.45. The lowest BCUT2D eigenvalue weighted by Gasteiger charge is -2.10. The highest BCUT2D eigenvalue weighted by molar-refractivity contribution is 6.32. The molecule has 2 amide bonds. The second kappa shape index (κ2) is 4.30. The minimum absolute atomic E-state index is 0.150. The van der Waals surface area contributed by atoms with Crippen molar-refractivity contribution in [2.45, 2.75) is 0 Å². The first-order chi connectivity index (χ1) is 8.75. The number of urea groups is 1. The zero-order chi connectivity index (χ0) is 12.5. The van der Waals surface area contributed by atoms with Crippen LogP contribution in [0.15, 0.2) is 30.7 Å². The van der Waals surface area contributed by atoms with Crippen LogP contribution in [0.25, 0.3) is 5.69 Å². The van der Waals surface area contributed by atoms with Crippen LogP contribution in [-0.2, 0) is 0 Å². The topological polar surface area (TPSA) is 63.1 Å². The standard InChI is InChI=1S/C11H10ClN5O/c12-10-9(16-5-4-14-11(16)18)7-17(15-10)8-2-1-3-13-6-8/h1-3,6-7H,4-5H2,(H,14,18). The lowest BCUT2D eigenvalue weighted by Crippen LogP contribution is -2.27. The number of hydrogen-bond acceptors (Lipinski definition) is 3. The fraction of sp³-hybridized carbons (Fsp3) is 0.182. The summed E-state index contributed by atoms with van der Waals surface area (Å²) >= 11 is 6.07. The van der Waals surface area contributed by atoms with E-state index in [1.165, 1.54) is 0 Å². The summed E-state index contributed by atoms with van der Waals surface area (Å²) in [6.45, 7) is 1.21. The molecule has 1 N–H and O–H groups in total. The highest BCUT2D eigenvalue weighted by Gasteiger charge is 2.25. The molecule has 0 unspecified atom stereocenters. The Morgan fingerprint density at radius 2 is 2.33 bits per heavy atom. The molecule has 3 heterocycles. The Morgan fingerprint density at radius 1 is 1.44 bits per heavy atom. The van der Waals surface area contributed by atoms with Crippen molar-refractivity contribution < 1.29 is 4.79 Å². The maximum absolute atomic E-state index is 11.6. The average Bonchev–Trinajstić information content (AvgIpc) is 2.96. The summed E-state index contributed by atoms with van der Waals surface area (Å²) in [5, 5.41) is 7.21. The Hall–Kier alpha value is -2.08. The van der Waals surface area contributed by atoms with E-state index in [4.69, 9.17) is 11.6 Å². The number of pyridine rings is 1. The fourth-order valence-corrected chi connectivity index (χ4v) is 2.08. The van der Waals surface area contributed by atoms with Crippen LogP contribution in [0.5, 0.6) is 0 Å². The Labute approximate surface area is 108 Å². The van der Waals surface area contributed by atoms with Crippen LogP contribution in [0.3, 0.4) is 0 Å². The van der Waals surface area contributed by atoms with Crippen LogP contribution >= 0.6 is 11.6 Å². The largest absolute Gasteiger partial charge is 0.336 e. The smallest absolute Gasteiger partial charge is 0.322 e. The zero-order valence-electron chi connectivity index (χ0n) is 9.38. The lowest BCUT2D eigenvalue weighted by molar-refractivity contribution is 0.252. The van der Waals surface area contributed by atoms with Gasteiger partial charge in [0.1, 0.15) is 5.69 Å². The summed E-state index contributed by atoms with van der Waals surface area (Å²) in [6.07, 6.45) is 5.09. The molecular formula is C11H10ClN5O. The summed E-state index contributed by atoms with van der Waals surface area (Å²) in [6, 6.07) is 3.53. The first kappa shape index (κ1) is 11.0. The van der Waals surface area contributed by atoms with Crippen LogP contribution in [0.1, 0.15) is 0 Å². The van der Waals surface area contributed by atoms with Gasteiger partial charge in [0, 0.05) is 19.3 Å². The van der Waals surface area contributed by atoms with E-state index in [1.54, 1.807) is 28.2 Å². The Bertz CT molecular complexity index is 582. The molecule has 0 spiro atoms. The predicted molar refractivity (Wildman–Crippen MR) is 67.1 cm³/mol. The monoisotopic (exact) mass is 263 g/mol. The van der Waals surface area contributed by atoms with E-state index in [-0.39, 0.29) is 6.03 Å². The van der Waals surface area contributed by atoms with E-state index < -0.39 is 0 Å². The van der Waals surface area contributed by atoms with Gasteiger partial charge >= 0.3 is 6.03 Å². The van der Waals surface area contributed by atoms with Crippen LogP contribution in [0.4, 0.5) is 10.5 Å². The molecular weight excluding hydrogens is 254 g/mol. The minimum atomic E-state index is -0.150. The van der Waals surface area contributed by atoms with E-state index in [1.807, 2.05) is 12.1 Å². The van der Waals surface area contributed by atoms with Crippen molar-refractivity contribution in [3.63, 3.8) is 0 Å². The third-order valence-electron chi connectivity index (χ3n) is 2.71. The number of nitrogens with zero attached hydrogens (tertiary/aromatic N) is 4. The van der Waals surface area contributed by atoms with Gasteiger partial charge in [-0.25, -0.2) is 9.48 Å². The zero-order valence-corrected chi connectivity index (χ0v) is 10.1. The van der Waals surface area contributed by atoms with E-state index in [2.05, 4.69) is 15.4 Å². The van der Waals surface area contributed by atoms with Crippen LogP contribution in [0, 0.1) is 0 Å². The molecule has 1 aliphatic rings. The maximum atomic E-state index is 11.6. The van der Waals surface area contributed by atoms with Crippen molar-refractivity contribution in [1.29, 1.82) is 0 Å². The summed E-state index contributed by atoms with van der Waals surface area (Å²) in [5.41, 5.74) is 1.40. The summed E-state index contributed by atoms with van der Waals surface area (Å²) in [4.78, 5) is 17.2. The SMILES string of the molecule is O=C1NCCN1c1cn(-c2cccnc2)nc1Cl. The Kier molecular flexibility index (Phi) is 2.64. The molecule has 1 saturated heterocycles. The van der Waals surface area contributed by atoms with Gasteiger partial charge in [0.15, 0.2) is 5.15 Å². The highest BCUT2D eigenvalue weighted by Crippen LogP contribution is 2.26. The quantitative estimate of drug-likeness (QED) is 0.892. The van der Waals surface area contributed by atoms with Crippen LogP contribution in [0.2, 0.25) is 5.15 Å². The number of anilines is 1. The van der Waals surface area contributed by atoms with Crippen molar-refractivity contribution in [1.82, 2.24) is 20.1 Å². The Balaban J connectivity index is 1.99. The molecule has 3 rings (SSSR count). The van der Waals surface area contributed by atoms with Crippen molar-refractivity contribution in [3.05, 3.63) is 35.9 Å². The number of carbonyl (C=O) groups excluding carboxylic acids is 1. The summed E-state index contributed by atoms with van der Waals surface area (Å²) < 4.78 is 1.61. The average molecular weight is 264 g/mol. The number of hydrogen-bond donors (Lipinski definition) is 1. The first-order valence-corrected chi connectivity index (χ1v) is 5.84. The number of carbonyl (C=O) groups is 1. The highest BCUT2D eigenvalue weighted by atomic mass is 35.5. The third-order valence-corrected chi connectivity index (χ3v) is 2.98. The van der Waals surface area contributed by atoms with E-state index in [0.717, 1.165) is 5.69 Å². The molecule has 0 atom stereocenters. The van der Waals surface area contributed by atoms with E-state index >= 15 is 0 Å².